The summed E-state index contributed by atoms with van der Waals surface area (Å²) < 4.78 is 5.71. The summed E-state index contributed by atoms with van der Waals surface area (Å²) in [5, 5.41) is 12.3. The van der Waals surface area contributed by atoms with Gasteiger partial charge in [-0.1, -0.05) is 0 Å². The Balaban J connectivity index is 1.71. The van der Waals surface area contributed by atoms with Crippen LogP contribution in [-0.4, -0.2) is 22.3 Å². The molecule has 0 radical (unpaired) electrons. The minimum Gasteiger partial charge on any atom is -0.393 e. The molecular weight excluding hydrogens is 198 g/mol. The van der Waals surface area contributed by atoms with Crippen LogP contribution in [0.4, 0.5) is 0 Å². The number of rotatable bonds is 3. The van der Waals surface area contributed by atoms with Crippen molar-refractivity contribution in [3.63, 3.8) is 0 Å². The van der Waals surface area contributed by atoms with E-state index in [1.54, 1.807) is 17.5 Å². The molecule has 0 amide bonds. The zero-order valence-corrected chi connectivity index (χ0v) is 8.87. The number of aliphatic hydroxyl groups excluding tert-OH is 1. The van der Waals surface area contributed by atoms with E-state index >= 15 is 0 Å². The smallest absolute Gasteiger partial charge is 0.118 e. The summed E-state index contributed by atoms with van der Waals surface area (Å²) in [6.45, 7) is 0.623. The van der Waals surface area contributed by atoms with Gasteiger partial charge in [-0.25, -0.2) is 4.98 Å². The third-order valence-electron chi connectivity index (χ3n) is 2.57. The molecule has 2 rings (SSSR count). The Labute approximate surface area is 87.7 Å². The minimum atomic E-state index is -0.102. The van der Waals surface area contributed by atoms with Crippen molar-refractivity contribution in [3.05, 3.63) is 16.6 Å². The van der Waals surface area contributed by atoms with Crippen molar-refractivity contribution in [3.8, 4) is 0 Å². The fraction of sp³-hybridized carbons (Fsp3) is 0.700. The zero-order chi connectivity index (χ0) is 9.80. The summed E-state index contributed by atoms with van der Waals surface area (Å²) in [5.74, 6) is 0. The molecule has 1 N–H and O–H groups in total. The first-order chi connectivity index (χ1) is 6.84. The van der Waals surface area contributed by atoms with Gasteiger partial charge in [0.15, 0.2) is 0 Å². The van der Waals surface area contributed by atoms with E-state index in [2.05, 4.69) is 4.98 Å². The van der Waals surface area contributed by atoms with Gasteiger partial charge in [0.05, 0.1) is 18.8 Å². The fourth-order valence-corrected chi connectivity index (χ4v) is 2.26. The van der Waals surface area contributed by atoms with E-state index in [9.17, 15) is 5.11 Å². The van der Waals surface area contributed by atoms with Gasteiger partial charge in [0.25, 0.3) is 0 Å². The Morgan fingerprint density at radius 1 is 1.43 bits per heavy atom. The summed E-state index contributed by atoms with van der Waals surface area (Å²) in [7, 11) is 0. The van der Waals surface area contributed by atoms with Crippen LogP contribution in [0.1, 0.15) is 30.7 Å². The molecule has 14 heavy (non-hydrogen) atoms. The molecule has 4 heteroatoms. The molecule has 1 aliphatic rings. The van der Waals surface area contributed by atoms with Crippen LogP contribution >= 0.6 is 11.3 Å². The summed E-state index contributed by atoms with van der Waals surface area (Å²) >= 11 is 1.63. The number of thiazole rings is 1. The maximum atomic E-state index is 9.31. The average Bonchev–Trinajstić information content (AvgIpc) is 2.70. The van der Waals surface area contributed by atoms with Gasteiger partial charge in [0.1, 0.15) is 5.01 Å². The van der Waals surface area contributed by atoms with Gasteiger partial charge in [0, 0.05) is 11.6 Å². The van der Waals surface area contributed by atoms with Gasteiger partial charge >= 0.3 is 0 Å². The Bertz CT molecular complexity index is 255. The molecule has 0 saturated heterocycles. The molecule has 1 saturated carbocycles. The van der Waals surface area contributed by atoms with Crippen molar-refractivity contribution in [2.45, 2.75) is 44.5 Å². The molecule has 0 aromatic carbocycles. The van der Waals surface area contributed by atoms with E-state index in [4.69, 9.17) is 4.74 Å². The fourth-order valence-electron chi connectivity index (χ4n) is 1.73. The molecule has 0 aliphatic heterocycles. The molecule has 1 aliphatic carbocycles. The van der Waals surface area contributed by atoms with Crippen molar-refractivity contribution >= 4 is 11.3 Å². The maximum absolute atomic E-state index is 9.31. The Morgan fingerprint density at radius 3 is 2.86 bits per heavy atom. The van der Waals surface area contributed by atoms with E-state index < -0.39 is 0 Å². The lowest BCUT2D eigenvalue weighted by molar-refractivity contribution is -0.0119. The lowest BCUT2D eigenvalue weighted by Crippen LogP contribution is -2.24. The van der Waals surface area contributed by atoms with Gasteiger partial charge in [-0.2, -0.15) is 0 Å². The summed E-state index contributed by atoms with van der Waals surface area (Å²) in [4.78, 5) is 4.16. The van der Waals surface area contributed by atoms with Crippen molar-refractivity contribution in [1.82, 2.24) is 4.98 Å². The van der Waals surface area contributed by atoms with Crippen LogP contribution in [0.2, 0.25) is 0 Å². The summed E-state index contributed by atoms with van der Waals surface area (Å²) in [6, 6.07) is 0. The highest BCUT2D eigenvalue weighted by Crippen LogP contribution is 2.22. The largest absolute Gasteiger partial charge is 0.393 e. The number of hydrogen-bond donors (Lipinski definition) is 1. The lowest BCUT2D eigenvalue weighted by Gasteiger charge is -2.25. The monoisotopic (exact) mass is 213 g/mol. The van der Waals surface area contributed by atoms with Crippen LogP contribution in [0.25, 0.3) is 0 Å². The van der Waals surface area contributed by atoms with Crippen LogP contribution in [0, 0.1) is 0 Å². The highest BCUT2D eigenvalue weighted by molar-refractivity contribution is 7.09. The first-order valence-electron chi connectivity index (χ1n) is 5.02. The third-order valence-corrected chi connectivity index (χ3v) is 3.32. The topological polar surface area (TPSA) is 42.4 Å². The van der Waals surface area contributed by atoms with Crippen LogP contribution in [0.15, 0.2) is 11.6 Å². The van der Waals surface area contributed by atoms with Crippen molar-refractivity contribution in [1.29, 1.82) is 0 Å². The third kappa shape index (κ3) is 2.77. The molecule has 1 fully saturated rings. The lowest BCUT2D eigenvalue weighted by atomic mass is 9.95. The number of ether oxygens (including phenoxy) is 1. The molecule has 0 atom stereocenters. The highest BCUT2D eigenvalue weighted by Gasteiger charge is 2.19. The zero-order valence-electron chi connectivity index (χ0n) is 8.06. The average molecular weight is 213 g/mol. The second kappa shape index (κ2) is 4.87. The van der Waals surface area contributed by atoms with E-state index in [-0.39, 0.29) is 6.10 Å². The summed E-state index contributed by atoms with van der Waals surface area (Å²) in [5.41, 5.74) is 0. The Hall–Kier alpha value is -0.450. The van der Waals surface area contributed by atoms with Gasteiger partial charge in [-0.05, 0) is 25.7 Å². The van der Waals surface area contributed by atoms with Crippen molar-refractivity contribution < 1.29 is 9.84 Å². The SMILES string of the molecule is OC1CCC(OCc2nccs2)CC1. The quantitative estimate of drug-likeness (QED) is 0.834. The molecule has 0 spiro atoms. The maximum Gasteiger partial charge on any atom is 0.118 e. The minimum absolute atomic E-state index is 0.102. The second-order valence-electron chi connectivity index (χ2n) is 3.67. The highest BCUT2D eigenvalue weighted by atomic mass is 32.1. The van der Waals surface area contributed by atoms with Gasteiger partial charge < -0.3 is 9.84 Å². The van der Waals surface area contributed by atoms with Crippen molar-refractivity contribution in [2.24, 2.45) is 0 Å². The van der Waals surface area contributed by atoms with Crippen LogP contribution < -0.4 is 0 Å². The molecule has 78 valence electrons. The predicted molar refractivity (Wildman–Crippen MR) is 55.2 cm³/mol. The standard InChI is InChI=1S/C10H15NO2S/c12-8-1-3-9(4-2-8)13-7-10-11-5-6-14-10/h5-6,8-9,12H,1-4,7H2. The summed E-state index contributed by atoms with van der Waals surface area (Å²) in [6.07, 6.45) is 5.73. The molecule has 3 nitrogen and oxygen atoms in total. The van der Waals surface area contributed by atoms with Gasteiger partial charge in [0.2, 0.25) is 0 Å². The van der Waals surface area contributed by atoms with Crippen LogP contribution in [0.5, 0.6) is 0 Å². The predicted octanol–water partition coefficient (Wildman–Crippen LogP) is 1.96. The van der Waals surface area contributed by atoms with Crippen molar-refractivity contribution in [2.75, 3.05) is 0 Å². The van der Waals surface area contributed by atoms with Crippen LogP contribution in [-0.2, 0) is 11.3 Å². The first kappa shape index (κ1) is 10.1. The van der Waals surface area contributed by atoms with Gasteiger partial charge in [-0.3, -0.25) is 0 Å². The molecule has 1 aromatic rings. The number of aliphatic hydroxyl groups is 1. The van der Waals surface area contributed by atoms with Gasteiger partial charge in [-0.15, -0.1) is 11.3 Å². The Morgan fingerprint density at radius 2 is 2.21 bits per heavy atom. The van der Waals surface area contributed by atoms with Crippen LogP contribution in [0.3, 0.4) is 0 Å². The molecular formula is C10H15NO2S. The first-order valence-corrected chi connectivity index (χ1v) is 5.90. The Kier molecular flexibility index (Phi) is 3.50. The normalized spacial score (nSPS) is 27.8. The van der Waals surface area contributed by atoms with E-state index in [1.807, 2.05) is 5.38 Å². The number of aromatic nitrogens is 1. The van der Waals surface area contributed by atoms with E-state index in [0.29, 0.717) is 12.7 Å². The number of hydrogen-bond acceptors (Lipinski definition) is 4. The van der Waals surface area contributed by atoms with E-state index in [1.165, 1.54) is 0 Å². The molecule has 0 unspecified atom stereocenters. The molecule has 1 heterocycles. The molecule has 1 aromatic heterocycles. The molecule has 0 bridgehead atoms. The number of nitrogens with zero attached hydrogens (tertiary/aromatic N) is 1. The second-order valence-corrected chi connectivity index (χ2v) is 4.65. The van der Waals surface area contributed by atoms with E-state index in [0.717, 1.165) is 30.7 Å².